The van der Waals surface area contributed by atoms with Crippen LogP contribution in [0, 0.1) is 25.6 Å². The zero-order valence-electron chi connectivity index (χ0n) is 50.8. The van der Waals surface area contributed by atoms with Crippen LogP contribution in [0.4, 0.5) is 15.0 Å². The van der Waals surface area contributed by atoms with Gasteiger partial charge in [-0.25, -0.2) is 13.9 Å². The van der Waals surface area contributed by atoms with E-state index in [9.17, 15) is 24.6 Å². The molecule has 6 N–H and O–H groups in total. The van der Waals surface area contributed by atoms with Crippen LogP contribution in [0.25, 0.3) is 55.4 Å². The number of ether oxygens (including phenoxy) is 4. The van der Waals surface area contributed by atoms with E-state index < -0.39 is 41.9 Å². The Hall–Kier alpha value is -8.51. The molecule has 8 aromatic rings. The number of nitrogens with one attached hydrogen (secondary N) is 4. The summed E-state index contributed by atoms with van der Waals surface area (Å²) in [5, 5.41) is 45.6. The van der Waals surface area contributed by atoms with E-state index in [2.05, 4.69) is 47.1 Å². The second-order valence-electron chi connectivity index (χ2n) is 24.6. The first kappa shape index (κ1) is 59.8. The molecule has 12 rings (SSSR count). The molecule has 5 atom stereocenters. The fourth-order valence-corrected chi connectivity index (χ4v) is 12.2. The van der Waals surface area contributed by atoms with Crippen molar-refractivity contribution in [3.8, 4) is 45.4 Å². The minimum Gasteiger partial charge on any atom is -0.486 e. The summed E-state index contributed by atoms with van der Waals surface area (Å²) in [5.74, 6) is -0.551. The highest BCUT2D eigenvalue weighted by molar-refractivity contribution is 6.06. The number of β-amino-alcohol motifs (C(OH)–C–C–N with tert-alkyl or cyclic N) is 1. The quantitative estimate of drug-likeness (QED) is 0.0372. The summed E-state index contributed by atoms with van der Waals surface area (Å²) in [4.78, 5) is 60.5. The van der Waals surface area contributed by atoms with Gasteiger partial charge in [0, 0.05) is 91.4 Å². The Morgan fingerprint density at radius 3 is 2.34 bits per heavy atom. The first-order valence-electron chi connectivity index (χ1n) is 30.3. The van der Waals surface area contributed by atoms with Gasteiger partial charge in [-0.2, -0.15) is 15.1 Å². The van der Waals surface area contributed by atoms with Crippen molar-refractivity contribution in [1.82, 2.24) is 60.2 Å². The molecular formula is C65H76FN13O9. The molecule has 0 unspecified atom stereocenters. The molecule has 0 radical (unpaired) electrons. The van der Waals surface area contributed by atoms with Gasteiger partial charge in [-0.1, -0.05) is 67.6 Å². The number of nitrogens with zero attached hydrogens (tertiary/aromatic N) is 9. The number of methoxy groups -OCH3 is 1. The second-order valence-corrected chi connectivity index (χ2v) is 24.6. The molecule has 23 heteroatoms. The predicted octanol–water partition coefficient (Wildman–Crippen LogP) is 8.39. The number of aromatic amines is 2. The summed E-state index contributed by atoms with van der Waals surface area (Å²) >= 11 is 0. The van der Waals surface area contributed by atoms with Crippen LogP contribution in [0.15, 0.2) is 85.3 Å². The van der Waals surface area contributed by atoms with E-state index in [1.807, 2.05) is 103 Å². The largest absolute Gasteiger partial charge is 0.486 e. The van der Waals surface area contributed by atoms with Crippen LogP contribution in [-0.2, 0) is 25.7 Å². The topological polar surface area (TPSA) is 263 Å². The maximum absolute atomic E-state index is 16.2. The summed E-state index contributed by atoms with van der Waals surface area (Å²) in [7, 11) is 5.67. The van der Waals surface area contributed by atoms with Gasteiger partial charge in [0.15, 0.2) is 5.75 Å². The summed E-state index contributed by atoms with van der Waals surface area (Å²) in [6, 6.07) is 18.4. The highest BCUT2D eigenvalue weighted by Gasteiger charge is 2.44. The molecule has 88 heavy (non-hydrogen) atoms. The molecule has 4 aliphatic rings. The molecule has 4 fully saturated rings. The highest BCUT2D eigenvalue weighted by Crippen LogP contribution is 2.53. The molecule has 2 saturated heterocycles. The van der Waals surface area contributed by atoms with Crippen LogP contribution in [-0.4, -0.2) is 173 Å². The van der Waals surface area contributed by atoms with Crippen molar-refractivity contribution in [2.24, 2.45) is 5.92 Å². The van der Waals surface area contributed by atoms with Crippen molar-refractivity contribution in [3.63, 3.8) is 0 Å². The number of aromatic nitrogens is 8. The van der Waals surface area contributed by atoms with Crippen LogP contribution >= 0.6 is 0 Å². The number of anilines is 1. The number of carbonyl (C=O) groups is 3. The lowest BCUT2D eigenvalue weighted by molar-refractivity contribution is -0.142. The Balaban J connectivity index is 0.806. The molecule has 4 aromatic heterocycles. The molecule has 3 amide bonds. The Labute approximate surface area is 509 Å². The number of halogens is 1. The number of aryl methyl sites for hydroxylation is 1. The first-order valence-corrected chi connectivity index (χ1v) is 30.3. The molecule has 0 bridgehead atoms. The zero-order valence-corrected chi connectivity index (χ0v) is 50.8. The van der Waals surface area contributed by atoms with Gasteiger partial charge in [-0.3, -0.25) is 14.7 Å². The molecule has 0 spiro atoms. The Kier molecular flexibility index (Phi) is 16.9. The van der Waals surface area contributed by atoms with Gasteiger partial charge < -0.3 is 59.5 Å². The van der Waals surface area contributed by atoms with Crippen LogP contribution in [0.1, 0.15) is 98.7 Å². The van der Waals surface area contributed by atoms with Crippen molar-refractivity contribution >= 4 is 45.5 Å². The number of H-pyrrole nitrogens is 2. The van der Waals surface area contributed by atoms with Crippen molar-refractivity contribution in [1.29, 1.82) is 0 Å². The molecule has 462 valence electrons. The van der Waals surface area contributed by atoms with Gasteiger partial charge >= 0.3 is 12.1 Å². The number of fused-ring (bicyclic) bond motifs is 2. The highest BCUT2D eigenvalue weighted by atomic mass is 19.1. The fraction of sp³-hybridized carbons (Fsp3) is 0.446. The molecule has 6 heterocycles. The van der Waals surface area contributed by atoms with Crippen LogP contribution in [0.3, 0.4) is 0 Å². The summed E-state index contributed by atoms with van der Waals surface area (Å²) in [6.45, 7) is 10.0. The summed E-state index contributed by atoms with van der Waals surface area (Å²) in [5.41, 5.74) is 9.39. The van der Waals surface area contributed by atoms with Crippen molar-refractivity contribution in [2.45, 2.75) is 128 Å². The lowest BCUT2D eigenvalue weighted by Crippen LogP contribution is -2.58. The van der Waals surface area contributed by atoms with Gasteiger partial charge in [0.1, 0.15) is 54.2 Å². The number of amides is 3. The van der Waals surface area contributed by atoms with Crippen molar-refractivity contribution in [3.05, 3.63) is 119 Å². The van der Waals surface area contributed by atoms with E-state index in [0.29, 0.717) is 80.6 Å². The van der Waals surface area contributed by atoms with E-state index >= 15 is 4.39 Å². The normalized spacial score (nSPS) is 19.6. The van der Waals surface area contributed by atoms with Crippen LogP contribution in [0.5, 0.6) is 11.8 Å². The maximum atomic E-state index is 16.2. The fourth-order valence-electron chi connectivity index (χ4n) is 12.2. The standard InChI is InChI=1S/C65H76FN13O9/c1-34(2)59(63(83)78-29-45(81)23-54(78)62(82)70-53(31-80)41-15-17-42(18-16-41)57-35(3)19-20-67-57)79-30-52(74-75-79)40-11-9-38(10-12-40)33-86-60-56(55-37(5)50(66)25-51-49(55)26-68-73-51)47(39-13-14-39)24-48-58(60)71-64(87-32-36(4)85-8)72-61(48)69-43-27-77(28-43)65(84)88-46-21-44(22-46)76(6)7/h9-12,15-20,24-26,30,34,36,39,43-46,53-54,59,67,80-81H,13-14,21-23,27-29,31-33H2,1-8H3,(H,68,73)(H,70,82)(H,69,71,72)/t36-,44?,45+,46?,53-,54-,59-/m0/s1. The molecule has 2 aliphatic carbocycles. The Morgan fingerprint density at radius 1 is 0.909 bits per heavy atom. The van der Waals surface area contributed by atoms with Gasteiger partial charge in [0.05, 0.1) is 48.8 Å². The van der Waals surface area contributed by atoms with E-state index in [1.54, 1.807) is 31.3 Å². The Morgan fingerprint density at radius 2 is 1.66 bits per heavy atom. The molecular weight excluding hydrogens is 1130 g/mol. The van der Waals surface area contributed by atoms with Crippen molar-refractivity contribution in [2.75, 3.05) is 59.4 Å². The molecule has 4 aromatic carbocycles. The van der Waals surface area contributed by atoms with Gasteiger partial charge in [-0.05, 0) is 111 Å². The lowest BCUT2D eigenvalue weighted by Gasteiger charge is -2.43. The summed E-state index contributed by atoms with van der Waals surface area (Å²) < 4.78 is 42.4. The number of likely N-dealkylation sites (tertiary alicyclic amines) is 2. The number of aliphatic hydroxyl groups is 2. The number of hydrogen-bond acceptors (Lipinski definition) is 16. The van der Waals surface area contributed by atoms with Gasteiger partial charge in [0.2, 0.25) is 11.8 Å². The van der Waals surface area contributed by atoms with E-state index in [4.69, 9.17) is 28.9 Å². The number of rotatable bonds is 22. The summed E-state index contributed by atoms with van der Waals surface area (Å²) in [6.07, 6.45) is 7.08. The minimum absolute atomic E-state index is 0.0285. The van der Waals surface area contributed by atoms with Crippen LogP contribution < -0.4 is 20.1 Å². The Bertz CT molecular complexity index is 3850. The molecule has 2 aliphatic heterocycles. The lowest BCUT2D eigenvalue weighted by atomic mass is 9.88. The van der Waals surface area contributed by atoms with Gasteiger partial charge in [-0.15, -0.1) is 5.10 Å². The third-order valence-corrected chi connectivity index (χ3v) is 17.8. The van der Waals surface area contributed by atoms with Crippen molar-refractivity contribution < 1.29 is 47.9 Å². The maximum Gasteiger partial charge on any atom is 0.410 e. The molecule has 2 saturated carbocycles. The number of hydrogen-bond donors (Lipinski definition) is 6. The van der Waals surface area contributed by atoms with E-state index in [-0.39, 0.29) is 75.0 Å². The van der Waals surface area contributed by atoms with Gasteiger partial charge in [0.25, 0.3) is 0 Å². The number of aliphatic hydroxyl groups excluding tert-OH is 2. The van der Waals surface area contributed by atoms with E-state index in [0.717, 1.165) is 59.0 Å². The predicted molar refractivity (Wildman–Crippen MR) is 328 cm³/mol. The van der Waals surface area contributed by atoms with E-state index in [1.165, 1.54) is 15.6 Å². The zero-order chi connectivity index (χ0) is 61.7. The SMILES string of the molecule is CO[C@@H](C)COc1nc(NC2CN(C(=O)OC3CC(N(C)C)C3)C2)c2cc(C3CC3)c(-c3c(C)c(F)cc4[nH]ncc34)c(OCc3ccc(-c4cn([C@H](C(=O)N5C[C@H](O)C[C@H]5C(=O)N[C@@H](CO)c5ccc(-c6[nH]ccc6C)cc5)C(C)C)nn4)cc3)c2n1. The second kappa shape index (κ2) is 24.9. The third kappa shape index (κ3) is 12.1. The monoisotopic (exact) mass is 1200 g/mol. The smallest absolute Gasteiger partial charge is 0.410 e. The average Bonchev–Trinajstić information content (AvgIpc) is 1.33. The molecule has 22 nitrogen and oxygen atoms in total. The average molecular weight is 1200 g/mol. The van der Waals surface area contributed by atoms with Crippen LogP contribution in [0.2, 0.25) is 0 Å². The number of benzene rings is 4. The third-order valence-electron chi connectivity index (χ3n) is 17.8. The first-order chi connectivity index (χ1) is 42.4. The minimum atomic E-state index is -0.997. The number of carbonyl (C=O) groups excluding carboxylic acids is 3.